The van der Waals surface area contributed by atoms with Crippen molar-refractivity contribution in [3.8, 4) is 0 Å². The Morgan fingerprint density at radius 1 is 1.33 bits per heavy atom. The van der Waals surface area contributed by atoms with Crippen LogP contribution in [0.15, 0.2) is 40.3 Å². The van der Waals surface area contributed by atoms with Gasteiger partial charge < -0.3 is 4.42 Å². The highest BCUT2D eigenvalue weighted by molar-refractivity contribution is 7.10. The lowest BCUT2D eigenvalue weighted by molar-refractivity contribution is -0.125. The topological polar surface area (TPSA) is 47.3 Å². The molecule has 2 atom stereocenters. The third-order valence-electron chi connectivity index (χ3n) is 4.20. The van der Waals surface area contributed by atoms with E-state index in [1.165, 1.54) is 6.26 Å². The van der Waals surface area contributed by atoms with E-state index < -0.39 is 0 Å². The SMILES string of the molecule is O=C(C[C@H](c1cccs1)[C@@H]1CCCCC1=O)c1ccco1. The molecular weight excluding hydrogens is 284 g/mol. The van der Waals surface area contributed by atoms with Gasteiger partial charge in [-0.2, -0.15) is 0 Å². The van der Waals surface area contributed by atoms with Gasteiger partial charge in [-0.3, -0.25) is 9.59 Å². The van der Waals surface area contributed by atoms with Crippen LogP contribution in [0.1, 0.15) is 53.5 Å². The summed E-state index contributed by atoms with van der Waals surface area (Å²) in [6.07, 6.45) is 5.48. The number of ketones is 2. The Labute approximate surface area is 128 Å². The van der Waals surface area contributed by atoms with Gasteiger partial charge in [-0.05, 0) is 36.4 Å². The molecule has 0 bridgehead atoms. The molecule has 0 radical (unpaired) electrons. The quantitative estimate of drug-likeness (QED) is 0.766. The van der Waals surface area contributed by atoms with E-state index in [9.17, 15) is 9.59 Å². The Kier molecular flexibility index (Phi) is 4.34. The fourth-order valence-electron chi connectivity index (χ4n) is 3.12. The van der Waals surface area contributed by atoms with Gasteiger partial charge in [-0.15, -0.1) is 11.3 Å². The van der Waals surface area contributed by atoms with Gasteiger partial charge >= 0.3 is 0 Å². The molecule has 110 valence electrons. The van der Waals surface area contributed by atoms with Crippen molar-refractivity contribution < 1.29 is 14.0 Å². The Balaban J connectivity index is 1.83. The van der Waals surface area contributed by atoms with Crippen LogP contribution in [0.4, 0.5) is 0 Å². The molecule has 1 aliphatic carbocycles. The number of hydrogen-bond acceptors (Lipinski definition) is 4. The fourth-order valence-corrected chi connectivity index (χ4v) is 4.01. The lowest BCUT2D eigenvalue weighted by Gasteiger charge is -2.28. The zero-order chi connectivity index (χ0) is 14.7. The van der Waals surface area contributed by atoms with Crippen LogP contribution < -0.4 is 0 Å². The van der Waals surface area contributed by atoms with Gasteiger partial charge in [0, 0.05) is 29.6 Å². The van der Waals surface area contributed by atoms with Crippen LogP contribution in [0.5, 0.6) is 0 Å². The van der Waals surface area contributed by atoms with Crippen LogP contribution in [0.3, 0.4) is 0 Å². The summed E-state index contributed by atoms with van der Waals surface area (Å²) >= 11 is 1.63. The molecule has 1 aliphatic rings. The first-order chi connectivity index (χ1) is 10.3. The van der Waals surface area contributed by atoms with Crippen molar-refractivity contribution in [2.24, 2.45) is 5.92 Å². The van der Waals surface area contributed by atoms with E-state index in [0.29, 0.717) is 24.4 Å². The lowest BCUT2D eigenvalue weighted by Crippen LogP contribution is -2.27. The minimum atomic E-state index is -0.0173. The fraction of sp³-hybridized carbons (Fsp3) is 0.412. The minimum absolute atomic E-state index is 0.00426. The van der Waals surface area contributed by atoms with Gasteiger partial charge in [0.15, 0.2) is 11.5 Å². The van der Waals surface area contributed by atoms with E-state index in [-0.39, 0.29) is 17.6 Å². The molecule has 0 spiro atoms. The number of thiophene rings is 1. The molecule has 0 unspecified atom stereocenters. The second kappa shape index (κ2) is 6.39. The van der Waals surface area contributed by atoms with E-state index >= 15 is 0 Å². The summed E-state index contributed by atoms with van der Waals surface area (Å²) in [6, 6.07) is 7.43. The van der Waals surface area contributed by atoms with Crippen molar-refractivity contribution in [1.29, 1.82) is 0 Å². The molecule has 4 heteroatoms. The Hall–Kier alpha value is -1.68. The maximum absolute atomic E-state index is 12.4. The van der Waals surface area contributed by atoms with E-state index in [2.05, 4.69) is 0 Å². The second-order valence-corrected chi connectivity index (χ2v) is 6.52. The van der Waals surface area contributed by atoms with Crippen LogP contribution in [-0.4, -0.2) is 11.6 Å². The summed E-state index contributed by atoms with van der Waals surface area (Å²) in [4.78, 5) is 25.8. The monoisotopic (exact) mass is 302 g/mol. The van der Waals surface area contributed by atoms with Crippen LogP contribution in [-0.2, 0) is 4.79 Å². The predicted molar refractivity (Wildman–Crippen MR) is 81.7 cm³/mol. The van der Waals surface area contributed by atoms with Crippen LogP contribution in [0, 0.1) is 5.92 Å². The smallest absolute Gasteiger partial charge is 0.198 e. The number of Topliss-reactive ketones (excluding diaryl/α,β-unsaturated/α-hetero) is 2. The van der Waals surface area contributed by atoms with Crippen molar-refractivity contribution in [3.05, 3.63) is 46.5 Å². The molecular formula is C17H18O3S. The van der Waals surface area contributed by atoms with Crippen LogP contribution in [0.25, 0.3) is 0 Å². The highest BCUT2D eigenvalue weighted by Crippen LogP contribution is 2.38. The van der Waals surface area contributed by atoms with Crippen molar-refractivity contribution in [2.75, 3.05) is 0 Å². The molecule has 21 heavy (non-hydrogen) atoms. The van der Waals surface area contributed by atoms with Gasteiger partial charge in [0.25, 0.3) is 0 Å². The summed E-state index contributed by atoms with van der Waals surface area (Å²) < 4.78 is 5.20. The molecule has 0 saturated heterocycles. The van der Waals surface area contributed by atoms with Crippen LogP contribution >= 0.6 is 11.3 Å². The molecule has 1 fully saturated rings. The first kappa shape index (κ1) is 14.3. The zero-order valence-corrected chi connectivity index (χ0v) is 12.6. The third-order valence-corrected chi connectivity index (χ3v) is 5.20. The number of rotatable bonds is 5. The number of furan rings is 1. The second-order valence-electron chi connectivity index (χ2n) is 5.55. The van der Waals surface area contributed by atoms with Gasteiger partial charge in [0.2, 0.25) is 0 Å². The predicted octanol–water partition coefficient (Wildman–Crippen LogP) is 4.46. The third kappa shape index (κ3) is 3.16. The largest absolute Gasteiger partial charge is 0.461 e. The summed E-state index contributed by atoms with van der Waals surface area (Å²) in [6.45, 7) is 0. The molecule has 1 saturated carbocycles. The molecule has 2 aromatic heterocycles. The summed E-state index contributed by atoms with van der Waals surface area (Å²) in [7, 11) is 0. The van der Waals surface area contributed by atoms with Crippen molar-refractivity contribution in [1.82, 2.24) is 0 Å². The van der Waals surface area contributed by atoms with E-state index in [1.54, 1.807) is 23.5 Å². The summed E-state index contributed by atoms with van der Waals surface area (Å²) in [5, 5.41) is 2.01. The Bertz CT molecular complexity index is 598. The molecule has 2 heterocycles. The standard InChI is InChI=1S/C17H18O3S/c18-14-6-2-1-5-12(14)13(17-8-4-10-21-17)11-15(19)16-7-3-9-20-16/h3-4,7-10,12-13H,1-2,5-6,11H2/t12-,13-/m0/s1. The van der Waals surface area contributed by atoms with Crippen molar-refractivity contribution in [3.63, 3.8) is 0 Å². The molecule has 3 nitrogen and oxygen atoms in total. The number of carbonyl (C=O) groups excluding carboxylic acids is 2. The average Bonchev–Trinajstić information content (AvgIpc) is 3.18. The number of hydrogen-bond donors (Lipinski definition) is 0. The van der Waals surface area contributed by atoms with E-state index in [4.69, 9.17) is 4.42 Å². The lowest BCUT2D eigenvalue weighted by atomic mass is 9.76. The molecule has 0 amide bonds. The summed E-state index contributed by atoms with van der Waals surface area (Å²) in [5.41, 5.74) is 0. The summed E-state index contributed by atoms with van der Waals surface area (Å²) in [5.74, 6) is 0.662. The molecule has 0 aromatic carbocycles. The Morgan fingerprint density at radius 3 is 2.90 bits per heavy atom. The molecule has 0 aliphatic heterocycles. The first-order valence-corrected chi connectivity index (χ1v) is 8.26. The normalized spacial score (nSPS) is 20.4. The maximum atomic E-state index is 12.4. The van der Waals surface area contributed by atoms with Gasteiger partial charge in [-0.25, -0.2) is 0 Å². The highest BCUT2D eigenvalue weighted by atomic mass is 32.1. The highest BCUT2D eigenvalue weighted by Gasteiger charge is 2.33. The Morgan fingerprint density at radius 2 is 2.24 bits per heavy atom. The molecule has 3 rings (SSSR count). The van der Waals surface area contributed by atoms with Crippen molar-refractivity contribution in [2.45, 2.75) is 38.0 Å². The maximum Gasteiger partial charge on any atom is 0.198 e. The van der Waals surface area contributed by atoms with Crippen LogP contribution in [0.2, 0.25) is 0 Å². The van der Waals surface area contributed by atoms with Gasteiger partial charge in [0.05, 0.1) is 6.26 Å². The number of carbonyl (C=O) groups is 2. The zero-order valence-electron chi connectivity index (χ0n) is 11.8. The molecule has 2 aromatic rings. The van der Waals surface area contributed by atoms with Gasteiger partial charge in [-0.1, -0.05) is 12.5 Å². The first-order valence-electron chi connectivity index (χ1n) is 7.38. The van der Waals surface area contributed by atoms with Crippen molar-refractivity contribution >= 4 is 22.9 Å². The minimum Gasteiger partial charge on any atom is -0.461 e. The van der Waals surface area contributed by atoms with E-state index in [0.717, 1.165) is 24.1 Å². The van der Waals surface area contributed by atoms with Gasteiger partial charge in [0.1, 0.15) is 5.78 Å². The molecule has 0 N–H and O–H groups in total. The average molecular weight is 302 g/mol. The van der Waals surface area contributed by atoms with E-state index in [1.807, 2.05) is 17.5 Å².